The summed E-state index contributed by atoms with van der Waals surface area (Å²) >= 11 is 11.8. The predicted octanol–water partition coefficient (Wildman–Crippen LogP) is 5.17. The van der Waals surface area contributed by atoms with Crippen LogP contribution in [0.15, 0.2) is 22.0 Å². The highest BCUT2D eigenvalue weighted by atomic mass is 79.9. The zero-order valence-electron chi connectivity index (χ0n) is 12.2. The number of methoxy groups -OCH3 is 3. The lowest BCUT2D eigenvalue weighted by Gasteiger charge is -2.16. The fourth-order valence-corrected chi connectivity index (χ4v) is 3.92. The lowest BCUT2D eigenvalue weighted by atomic mass is 10.1. The molecule has 0 N–H and O–H groups in total. The van der Waals surface area contributed by atoms with Gasteiger partial charge in [0.15, 0.2) is 11.5 Å². The molecule has 2 rings (SSSR count). The van der Waals surface area contributed by atoms with Gasteiger partial charge in [-0.15, -0.1) is 22.9 Å². The molecule has 114 valence electrons. The van der Waals surface area contributed by atoms with Crippen LogP contribution in [0.25, 0.3) is 0 Å². The van der Waals surface area contributed by atoms with Gasteiger partial charge in [-0.3, -0.25) is 0 Å². The standard InChI is InChI=1S/C15H16BrClO3S/c1-8-5-12(21-15(8)16)13(17)9-6-10(18-2)14(20-4)11(7-9)19-3/h5-7,13H,1-4H3. The molecule has 0 radical (unpaired) electrons. The molecule has 1 aromatic heterocycles. The van der Waals surface area contributed by atoms with Crippen LogP contribution in [0.1, 0.15) is 21.4 Å². The van der Waals surface area contributed by atoms with Gasteiger partial charge in [0, 0.05) is 4.88 Å². The number of hydrogen-bond acceptors (Lipinski definition) is 4. The second-order valence-corrected chi connectivity index (χ2v) is 7.26. The molecule has 2 aromatic rings. The van der Waals surface area contributed by atoms with E-state index in [1.807, 2.05) is 19.1 Å². The lowest BCUT2D eigenvalue weighted by molar-refractivity contribution is 0.324. The van der Waals surface area contributed by atoms with Crippen molar-refractivity contribution in [2.45, 2.75) is 12.3 Å². The maximum atomic E-state index is 6.61. The second kappa shape index (κ2) is 6.90. The van der Waals surface area contributed by atoms with E-state index in [0.717, 1.165) is 14.2 Å². The molecule has 0 fully saturated rings. The Kier molecular flexibility index (Phi) is 5.41. The molecule has 0 aliphatic carbocycles. The molecule has 0 aliphatic heterocycles. The topological polar surface area (TPSA) is 27.7 Å². The highest BCUT2D eigenvalue weighted by molar-refractivity contribution is 9.11. The Bertz CT molecular complexity index is 597. The van der Waals surface area contributed by atoms with Gasteiger partial charge in [0.25, 0.3) is 0 Å². The molecule has 0 bridgehead atoms. The molecule has 1 atom stereocenters. The highest BCUT2D eigenvalue weighted by Gasteiger charge is 2.20. The number of thiophene rings is 1. The Morgan fingerprint density at radius 3 is 2.00 bits per heavy atom. The number of benzene rings is 1. The van der Waals surface area contributed by atoms with E-state index in [9.17, 15) is 0 Å². The average Bonchev–Trinajstić information content (AvgIpc) is 2.84. The van der Waals surface area contributed by atoms with E-state index in [2.05, 4.69) is 22.0 Å². The van der Waals surface area contributed by atoms with Crippen LogP contribution in [-0.2, 0) is 0 Å². The zero-order chi connectivity index (χ0) is 15.6. The van der Waals surface area contributed by atoms with Crippen LogP contribution >= 0.6 is 38.9 Å². The van der Waals surface area contributed by atoms with Gasteiger partial charge in [0.1, 0.15) is 0 Å². The molecule has 0 amide bonds. The molecule has 1 unspecified atom stereocenters. The highest BCUT2D eigenvalue weighted by Crippen LogP contribution is 2.44. The van der Waals surface area contributed by atoms with Crippen LogP contribution in [0.3, 0.4) is 0 Å². The van der Waals surface area contributed by atoms with Crippen molar-refractivity contribution in [3.8, 4) is 17.2 Å². The SMILES string of the molecule is COc1cc(C(Cl)c2cc(C)c(Br)s2)cc(OC)c1OC. The minimum Gasteiger partial charge on any atom is -0.493 e. The van der Waals surface area contributed by atoms with E-state index in [-0.39, 0.29) is 5.38 Å². The van der Waals surface area contributed by atoms with Crippen LogP contribution in [-0.4, -0.2) is 21.3 Å². The van der Waals surface area contributed by atoms with Gasteiger partial charge in [-0.2, -0.15) is 0 Å². The quantitative estimate of drug-likeness (QED) is 0.658. The molecule has 0 spiro atoms. The zero-order valence-corrected chi connectivity index (χ0v) is 15.4. The Balaban J connectivity index is 2.48. The van der Waals surface area contributed by atoms with Crippen molar-refractivity contribution >= 4 is 38.9 Å². The number of hydrogen-bond donors (Lipinski definition) is 0. The summed E-state index contributed by atoms with van der Waals surface area (Å²) in [6.45, 7) is 2.04. The molecular formula is C15H16BrClO3S. The van der Waals surface area contributed by atoms with Crippen LogP contribution in [0, 0.1) is 6.92 Å². The van der Waals surface area contributed by atoms with E-state index < -0.39 is 0 Å². The fourth-order valence-electron chi connectivity index (χ4n) is 2.02. The van der Waals surface area contributed by atoms with Gasteiger partial charge in [0.2, 0.25) is 5.75 Å². The average molecular weight is 392 g/mol. The first-order valence-corrected chi connectivity index (χ1v) is 8.26. The Morgan fingerprint density at radius 1 is 1.05 bits per heavy atom. The van der Waals surface area contributed by atoms with Gasteiger partial charge in [-0.05, 0) is 52.2 Å². The van der Waals surface area contributed by atoms with E-state index in [4.69, 9.17) is 25.8 Å². The van der Waals surface area contributed by atoms with Crippen molar-refractivity contribution in [2.75, 3.05) is 21.3 Å². The smallest absolute Gasteiger partial charge is 0.203 e. The van der Waals surface area contributed by atoms with Crippen molar-refractivity contribution < 1.29 is 14.2 Å². The summed E-state index contributed by atoms with van der Waals surface area (Å²) < 4.78 is 17.1. The Hall–Kier alpha value is -0.910. The Labute approximate surface area is 141 Å². The van der Waals surface area contributed by atoms with E-state index in [1.54, 1.807) is 32.7 Å². The van der Waals surface area contributed by atoms with Crippen molar-refractivity contribution in [1.82, 2.24) is 0 Å². The third-order valence-electron chi connectivity index (χ3n) is 3.11. The van der Waals surface area contributed by atoms with Gasteiger partial charge in [-0.1, -0.05) is 0 Å². The van der Waals surface area contributed by atoms with Crippen molar-refractivity contribution in [3.63, 3.8) is 0 Å². The van der Waals surface area contributed by atoms with Gasteiger partial charge >= 0.3 is 0 Å². The predicted molar refractivity (Wildman–Crippen MR) is 90.6 cm³/mol. The molecular weight excluding hydrogens is 376 g/mol. The molecule has 6 heteroatoms. The fraction of sp³-hybridized carbons (Fsp3) is 0.333. The number of rotatable bonds is 5. The summed E-state index contributed by atoms with van der Waals surface area (Å²) in [5.41, 5.74) is 2.08. The normalized spacial score (nSPS) is 12.1. The van der Waals surface area contributed by atoms with E-state index >= 15 is 0 Å². The minimum absolute atomic E-state index is 0.270. The van der Waals surface area contributed by atoms with Gasteiger partial charge < -0.3 is 14.2 Å². The molecule has 21 heavy (non-hydrogen) atoms. The summed E-state index contributed by atoms with van der Waals surface area (Å²) in [6.07, 6.45) is 0. The number of aryl methyl sites for hydroxylation is 1. The Morgan fingerprint density at radius 2 is 1.62 bits per heavy atom. The maximum absolute atomic E-state index is 6.61. The number of halogens is 2. The van der Waals surface area contributed by atoms with Crippen LogP contribution in [0.5, 0.6) is 17.2 Å². The third kappa shape index (κ3) is 3.30. The minimum atomic E-state index is -0.270. The molecule has 0 saturated carbocycles. The summed E-state index contributed by atoms with van der Waals surface area (Å²) in [6, 6.07) is 5.83. The van der Waals surface area contributed by atoms with Crippen molar-refractivity contribution in [1.29, 1.82) is 0 Å². The number of alkyl halides is 1. The molecule has 1 heterocycles. The van der Waals surface area contributed by atoms with Crippen LogP contribution < -0.4 is 14.2 Å². The largest absolute Gasteiger partial charge is 0.493 e. The number of ether oxygens (including phenoxy) is 3. The first kappa shape index (κ1) is 16.5. The second-order valence-electron chi connectivity index (χ2n) is 4.43. The molecule has 3 nitrogen and oxygen atoms in total. The molecule has 1 aromatic carbocycles. The molecule has 0 aliphatic rings. The molecule has 0 saturated heterocycles. The van der Waals surface area contributed by atoms with Gasteiger partial charge in [-0.25, -0.2) is 0 Å². The van der Waals surface area contributed by atoms with E-state index in [0.29, 0.717) is 17.2 Å². The van der Waals surface area contributed by atoms with Gasteiger partial charge in [0.05, 0.1) is 30.5 Å². The summed E-state index contributed by atoms with van der Waals surface area (Å²) in [4.78, 5) is 1.07. The van der Waals surface area contributed by atoms with Crippen LogP contribution in [0.2, 0.25) is 0 Å². The summed E-state index contributed by atoms with van der Waals surface area (Å²) in [5, 5.41) is -0.270. The lowest BCUT2D eigenvalue weighted by Crippen LogP contribution is -1.98. The van der Waals surface area contributed by atoms with Crippen LogP contribution in [0.4, 0.5) is 0 Å². The first-order chi connectivity index (χ1) is 10.0. The summed E-state index contributed by atoms with van der Waals surface area (Å²) in [5.74, 6) is 1.77. The monoisotopic (exact) mass is 390 g/mol. The first-order valence-electron chi connectivity index (χ1n) is 6.21. The van der Waals surface area contributed by atoms with Crippen molar-refractivity contribution in [3.05, 3.63) is 38.0 Å². The summed E-state index contributed by atoms with van der Waals surface area (Å²) in [7, 11) is 4.77. The maximum Gasteiger partial charge on any atom is 0.203 e. The van der Waals surface area contributed by atoms with E-state index in [1.165, 1.54) is 5.56 Å². The van der Waals surface area contributed by atoms with Crippen molar-refractivity contribution in [2.24, 2.45) is 0 Å². The third-order valence-corrected chi connectivity index (χ3v) is 5.92.